The zero-order valence-corrected chi connectivity index (χ0v) is 7.56. The first-order valence-electron chi connectivity index (χ1n) is 4.26. The Hall–Kier alpha value is -1.90. The second-order valence-corrected chi connectivity index (χ2v) is 2.98. The maximum Gasteiger partial charge on any atom is 0.279 e. The number of nitrogens with zero attached hydrogens (tertiary/aromatic N) is 1. The quantitative estimate of drug-likeness (QED) is 0.625. The van der Waals surface area contributed by atoms with Gasteiger partial charge in [-0.2, -0.15) is 4.99 Å². The van der Waals surface area contributed by atoms with E-state index in [9.17, 15) is 4.79 Å². The van der Waals surface area contributed by atoms with Gasteiger partial charge in [-0.1, -0.05) is 24.8 Å². The lowest BCUT2D eigenvalue weighted by Crippen LogP contribution is -2.20. The van der Waals surface area contributed by atoms with Crippen LogP contribution in [0.4, 0.5) is 0 Å². The molecule has 0 saturated heterocycles. The number of benzene rings is 1. The van der Waals surface area contributed by atoms with Gasteiger partial charge in [0.2, 0.25) is 5.90 Å². The van der Waals surface area contributed by atoms with Crippen molar-refractivity contribution in [3.05, 3.63) is 48.0 Å². The van der Waals surface area contributed by atoms with Gasteiger partial charge >= 0.3 is 0 Å². The molecule has 1 heterocycles. The first-order valence-corrected chi connectivity index (χ1v) is 4.26. The highest BCUT2D eigenvalue weighted by molar-refractivity contribution is 6.08. The van der Waals surface area contributed by atoms with E-state index in [1.165, 1.54) is 0 Å². The monoisotopic (exact) mass is 187 g/mol. The van der Waals surface area contributed by atoms with Gasteiger partial charge in [0.05, 0.1) is 0 Å². The first kappa shape index (κ1) is 8.69. The van der Waals surface area contributed by atoms with Crippen LogP contribution in [0.15, 0.2) is 47.5 Å². The van der Waals surface area contributed by atoms with Gasteiger partial charge in [-0.15, -0.1) is 0 Å². The van der Waals surface area contributed by atoms with E-state index in [4.69, 9.17) is 4.74 Å². The number of amides is 1. The summed E-state index contributed by atoms with van der Waals surface area (Å²) < 4.78 is 5.28. The molecule has 70 valence electrons. The summed E-state index contributed by atoms with van der Waals surface area (Å²) in [5, 5.41) is 0. The summed E-state index contributed by atoms with van der Waals surface area (Å²) >= 11 is 0. The lowest BCUT2D eigenvalue weighted by Gasteiger charge is -2.14. The first-order chi connectivity index (χ1) is 6.77. The molecule has 0 radical (unpaired) electrons. The van der Waals surface area contributed by atoms with Crippen molar-refractivity contribution in [1.82, 2.24) is 0 Å². The Morgan fingerprint density at radius 3 is 2.64 bits per heavy atom. The van der Waals surface area contributed by atoms with E-state index < -0.39 is 0 Å². The molecule has 2 rings (SSSR count). The van der Waals surface area contributed by atoms with Crippen LogP contribution < -0.4 is 0 Å². The number of aliphatic imine (C=N–C) groups is 1. The standard InChI is InChI=1S/C11H9NO2/c1-8-7-14-11(12-10(8)13)9-5-3-2-4-6-9/h2-6H,1,7H2. The molecular weight excluding hydrogens is 178 g/mol. The third-order valence-corrected chi connectivity index (χ3v) is 1.91. The highest BCUT2D eigenvalue weighted by Crippen LogP contribution is 2.10. The summed E-state index contributed by atoms with van der Waals surface area (Å²) in [5.41, 5.74) is 1.21. The van der Waals surface area contributed by atoms with Gasteiger partial charge in [0, 0.05) is 11.1 Å². The van der Waals surface area contributed by atoms with Crippen molar-refractivity contribution in [2.45, 2.75) is 0 Å². The number of carbonyl (C=O) groups is 1. The van der Waals surface area contributed by atoms with Crippen LogP contribution in [-0.2, 0) is 9.53 Å². The molecule has 14 heavy (non-hydrogen) atoms. The summed E-state index contributed by atoms with van der Waals surface area (Å²) in [6.45, 7) is 3.77. The van der Waals surface area contributed by atoms with Crippen molar-refractivity contribution in [2.24, 2.45) is 4.99 Å². The smallest absolute Gasteiger partial charge is 0.279 e. The van der Waals surface area contributed by atoms with Crippen molar-refractivity contribution < 1.29 is 9.53 Å². The van der Waals surface area contributed by atoms with Crippen molar-refractivity contribution in [2.75, 3.05) is 6.61 Å². The molecule has 0 aromatic heterocycles. The van der Waals surface area contributed by atoms with Crippen LogP contribution in [0.2, 0.25) is 0 Å². The van der Waals surface area contributed by atoms with Crippen LogP contribution in [-0.4, -0.2) is 18.4 Å². The van der Waals surface area contributed by atoms with Gasteiger partial charge < -0.3 is 4.74 Å². The third-order valence-electron chi connectivity index (χ3n) is 1.91. The summed E-state index contributed by atoms with van der Waals surface area (Å²) in [4.78, 5) is 15.0. The summed E-state index contributed by atoms with van der Waals surface area (Å²) in [6.07, 6.45) is 0. The Bertz CT molecular complexity index is 407. The fourth-order valence-corrected chi connectivity index (χ4v) is 1.15. The topological polar surface area (TPSA) is 38.7 Å². The fraction of sp³-hybridized carbons (Fsp3) is 0.0909. The van der Waals surface area contributed by atoms with E-state index in [0.29, 0.717) is 11.5 Å². The third kappa shape index (κ3) is 1.57. The average molecular weight is 187 g/mol. The Balaban J connectivity index is 2.33. The maximum absolute atomic E-state index is 11.2. The van der Waals surface area contributed by atoms with Crippen LogP contribution in [0, 0.1) is 0 Å². The molecule has 1 aromatic carbocycles. The van der Waals surface area contributed by atoms with Crippen molar-refractivity contribution in [3.8, 4) is 0 Å². The molecule has 3 heteroatoms. The van der Waals surface area contributed by atoms with Crippen LogP contribution in [0.25, 0.3) is 0 Å². The second-order valence-electron chi connectivity index (χ2n) is 2.98. The summed E-state index contributed by atoms with van der Waals surface area (Å²) in [7, 11) is 0. The van der Waals surface area contributed by atoms with Gasteiger partial charge in [-0.3, -0.25) is 4.79 Å². The molecule has 0 fully saturated rings. The largest absolute Gasteiger partial charge is 0.472 e. The van der Waals surface area contributed by atoms with Gasteiger partial charge in [0.25, 0.3) is 5.91 Å². The lowest BCUT2D eigenvalue weighted by atomic mass is 10.2. The number of hydrogen-bond acceptors (Lipinski definition) is 2. The predicted molar refractivity (Wildman–Crippen MR) is 53.1 cm³/mol. The highest BCUT2D eigenvalue weighted by Gasteiger charge is 2.17. The molecule has 0 saturated carbocycles. The van der Waals surface area contributed by atoms with Crippen molar-refractivity contribution in [1.29, 1.82) is 0 Å². The fourth-order valence-electron chi connectivity index (χ4n) is 1.15. The van der Waals surface area contributed by atoms with Crippen LogP contribution in [0.3, 0.4) is 0 Å². The van der Waals surface area contributed by atoms with E-state index in [-0.39, 0.29) is 12.5 Å². The number of rotatable bonds is 1. The van der Waals surface area contributed by atoms with E-state index in [2.05, 4.69) is 11.6 Å². The number of ether oxygens (including phenoxy) is 1. The molecule has 1 amide bonds. The molecule has 0 aliphatic carbocycles. The summed E-state index contributed by atoms with van der Waals surface area (Å²) in [5.74, 6) is 0.0816. The minimum atomic E-state index is -0.296. The number of hydrogen-bond donors (Lipinski definition) is 0. The molecule has 1 aliphatic heterocycles. The SMILES string of the molecule is C=C1COC(c2ccccc2)=NC1=O. The molecule has 0 unspecified atom stereocenters. The molecular formula is C11H9NO2. The van der Waals surface area contributed by atoms with E-state index in [0.717, 1.165) is 5.56 Å². The van der Waals surface area contributed by atoms with E-state index >= 15 is 0 Å². The zero-order valence-electron chi connectivity index (χ0n) is 7.56. The lowest BCUT2D eigenvalue weighted by molar-refractivity contribution is -0.115. The molecule has 1 aromatic rings. The second kappa shape index (κ2) is 3.46. The normalized spacial score (nSPS) is 16.1. The van der Waals surface area contributed by atoms with Gasteiger partial charge in [0.15, 0.2) is 0 Å². The predicted octanol–water partition coefficient (Wildman–Crippen LogP) is 1.55. The molecule has 3 nitrogen and oxygen atoms in total. The van der Waals surface area contributed by atoms with Crippen LogP contribution >= 0.6 is 0 Å². The van der Waals surface area contributed by atoms with Gasteiger partial charge in [-0.25, -0.2) is 0 Å². The van der Waals surface area contributed by atoms with Gasteiger partial charge in [-0.05, 0) is 12.1 Å². The van der Waals surface area contributed by atoms with Gasteiger partial charge in [0.1, 0.15) is 6.61 Å². The highest BCUT2D eigenvalue weighted by atomic mass is 16.5. The zero-order chi connectivity index (χ0) is 9.97. The number of carbonyl (C=O) groups excluding carboxylic acids is 1. The Morgan fingerprint density at radius 2 is 2.00 bits per heavy atom. The minimum absolute atomic E-state index is 0.229. The van der Waals surface area contributed by atoms with Crippen LogP contribution in [0.5, 0.6) is 0 Å². The average Bonchev–Trinajstić information content (AvgIpc) is 2.23. The molecule has 0 atom stereocenters. The van der Waals surface area contributed by atoms with E-state index in [1.807, 2.05) is 30.3 Å². The summed E-state index contributed by atoms with van der Waals surface area (Å²) in [6, 6.07) is 9.33. The molecule has 0 bridgehead atoms. The maximum atomic E-state index is 11.2. The Morgan fingerprint density at radius 1 is 1.29 bits per heavy atom. The minimum Gasteiger partial charge on any atom is -0.472 e. The molecule has 1 aliphatic rings. The van der Waals surface area contributed by atoms with Crippen molar-refractivity contribution in [3.63, 3.8) is 0 Å². The Kier molecular flexibility index (Phi) is 2.14. The van der Waals surface area contributed by atoms with Crippen LogP contribution in [0.1, 0.15) is 5.56 Å². The molecule has 0 N–H and O–H groups in total. The molecule has 0 spiro atoms. The Labute approximate surface area is 81.7 Å². The van der Waals surface area contributed by atoms with Crippen molar-refractivity contribution >= 4 is 11.8 Å². The van der Waals surface area contributed by atoms with E-state index in [1.54, 1.807) is 0 Å².